The fourth-order valence-corrected chi connectivity index (χ4v) is 4.31. The first kappa shape index (κ1) is 19.6. The first-order valence-electron chi connectivity index (χ1n) is 10.7. The van der Waals surface area contributed by atoms with Crippen LogP contribution in [0.15, 0.2) is 67.1 Å². The summed E-state index contributed by atoms with van der Waals surface area (Å²) in [5.41, 5.74) is 6.57. The number of hydrogen-bond acceptors (Lipinski definition) is 5. The summed E-state index contributed by atoms with van der Waals surface area (Å²) in [6.07, 6.45) is 4.15. The average molecular weight is 414 g/mol. The number of rotatable bonds is 4. The number of nitrogens with zero attached hydrogens (tertiary/aromatic N) is 4. The van der Waals surface area contributed by atoms with Crippen molar-refractivity contribution in [2.24, 2.45) is 7.05 Å². The number of hydrogen-bond donors (Lipinski definition) is 1. The Morgan fingerprint density at radius 2 is 1.74 bits per heavy atom. The molecule has 0 unspecified atom stereocenters. The number of aromatic nitrogens is 3. The van der Waals surface area contributed by atoms with E-state index in [0.717, 1.165) is 46.8 Å². The van der Waals surface area contributed by atoms with Crippen molar-refractivity contribution in [3.05, 3.63) is 67.1 Å². The summed E-state index contributed by atoms with van der Waals surface area (Å²) in [5, 5.41) is 3.47. The van der Waals surface area contributed by atoms with Gasteiger partial charge in [0.05, 0.1) is 29.6 Å². The van der Waals surface area contributed by atoms with Crippen LogP contribution in [-0.2, 0) is 11.8 Å². The predicted octanol–water partition coefficient (Wildman–Crippen LogP) is 4.99. The lowest BCUT2D eigenvalue weighted by molar-refractivity contribution is -0.00521. The maximum Gasteiger partial charge on any atom is 0.130 e. The zero-order valence-corrected chi connectivity index (χ0v) is 18.1. The predicted molar refractivity (Wildman–Crippen MR) is 126 cm³/mol. The smallest absolute Gasteiger partial charge is 0.130 e. The van der Waals surface area contributed by atoms with Gasteiger partial charge in [-0.25, -0.2) is 9.97 Å². The lowest BCUT2D eigenvalue weighted by Gasteiger charge is -2.37. The SMILES string of the molecule is C[C@@H]1CN(c2cccc(Nc3cc(-c4ccc5c(c4)ncn5C)ccn3)c2)C[C@H](C)O1. The van der Waals surface area contributed by atoms with E-state index in [1.807, 2.05) is 30.2 Å². The monoisotopic (exact) mass is 413 g/mol. The van der Waals surface area contributed by atoms with Crippen LogP contribution in [0.2, 0.25) is 0 Å². The van der Waals surface area contributed by atoms with Crippen LogP contribution in [-0.4, -0.2) is 39.8 Å². The molecule has 2 atom stereocenters. The van der Waals surface area contributed by atoms with Crippen LogP contribution in [0.3, 0.4) is 0 Å². The van der Waals surface area contributed by atoms with Gasteiger partial charge in [-0.15, -0.1) is 0 Å². The largest absolute Gasteiger partial charge is 0.372 e. The van der Waals surface area contributed by atoms with Crippen molar-refractivity contribution < 1.29 is 4.74 Å². The van der Waals surface area contributed by atoms with Gasteiger partial charge in [0.1, 0.15) is 5.82 Å². The standard InChI is InChI=1S/C25H27N5O/c1-17-14-30(15-18(2)31-17)22-6-4-5-21(13-22)28-25-12-20(9-10-26-25)19-7-8-24-23(11-19)27-16-29(24)3/h4-13,16-18H,14-15H2,1-3H3,(H,26,28)/t17-,18+. The molecule has 31 heavy (non-hydrogen) atoms. The molecule has 0 radical (unpaired) electrons. The molecule has 2 aromatic heterocycles. The minimum atomic E-state index is 0.232. The van der Waals surface area contributed by atoms with Gasteiger partial charge in [0.25, 0.3) is 0 Å². The third-order valence-corrected chi connectivity index (χ3v) is 5.72. The zero-order chi connectivity index (χ0) is 21.4. The summed E-state index contributed by atoms with van der Waals surface area (Å²) in [4.78, 5) is 11.4. The van der Waals surface area contributed by atoms with Crippen LogP contribution >= 0.6 is 0 Å². The highest BCUT2D eigenvalue weighted by molar-refractivity contribution is 5.82. The van der Waals surface area contributed by atoms with Crippen molar-refractivity contribution in [1.82, 2.24) is 14.5 Å². The number of benzene rings is 2. The summed E-state index contributed by atoms with van der Waals surface area (Å²) >= 11 is 0. The molecule has 2 aromatic carbocycles. The number of ether oxygens (including phenoxy) is 1. The second-order valence-electron chi connectivity index (χ2n) is 8.33. The van der Waals surface area contributed by atoms with Crippen molar-refractivity contribution in [3.8, 4) is 11.1 Å². The summed E-state index contributed by atoms with van der Waals surface area (Å²) in [6, 6.07) is 19.0. The van der Waals surface area contributed by atoms with Crippen LogP contribution in [0.4, 0.5) is 17.2 Å². The summed E-state index contributed by atoms with van der Waals surface area (Å²) < 4.78 is 7.90. The van der Waals surface area contributed by atoms with E-state index in [4.69, 9.17) is 4.74 Å². The molecular formula is C25H27N5O. The summed E-state index contributed by atoms with van der Waals surface area (Å²) in [6.45, 7) is 6.06. The van der Waals surface area contributed by atoms with Crippen LogP contribution < -0.4 is 10.2 Å². The molecule has 1 aliphatic heterocycles. The normalized spacial score (nSPS) is 19.0. The minimum absolute atomic E-state index is 0.232. The Balaban J connectivity index is 1.38. The van der Waals surface area contributed by atoms with Gasteiger partial charge in [-0.3, -0.25) is 0 Å². The molecule has 0 aliphatic carbocycles. The third-order valence-electron chi connectivity index (χ3n) is 5.72. The van der Waals surface area contributed by atoms with E-state index >= 15 is 0 Å². The molecule has 0 spiro atoms. The maximum atomic E-state index is 5.87. The van der Waals surface area contributed by atoms with Gasteiger partial charge in [0.15, 0.2) is 0 Å². The van der Waals surface area contributed by atoms with Gasteiger partial charge in [-0.05, 0) is 67.4 Å². The highest BCUT2D eigenvalue weighted by Crippen LogP contribution is 2.28. The van der Waals surface area contributed by atoms with E-state index < -0.39 is 0 Å². The lowest BCUT2D eigenvalue weighted by Crippen LogP contribution is -2.45. The number of nitrogens with one attached hydrogen (secondary N) is 1. The Labute approximate surface area is 182 Å². The quantitative estimate of drug-likeness (QED) is 0.511. The number of pyridine rings is 1. The Bertz CT molecular complexity index is 1210. The number of aryl methyl sites for hydroxylation is 1. The molecule has 5 rings (SSSR count). The topological polar surface area (TPSA) is 55.2 Å². The maximum absolute atomic E-state index is 5.87. The third kappa shape index (κ3) is 4.11. The highest BCUT2D eigenvalue weighted by atomic mass is 16.5. The van der Waals surface area contributed by atoms with E-state index in [2.05, 4.69) is 82.6 Å². The first-order chi connectivity index (χ1) is 15.0. The zero-order valence-electron chi connectivity index (χ0n) is 18.1. The molecule has 1 fully saturated rings. The fraction of sp³-hybridized carbons (Fsp3) is 0.280. The van der Waals surface area contributed by atoms with Gasteiger partial charge in [-0.2, -0.15) is 0 Å². The second-order valence-corrected chi connectivity index (χ2v) is 8.33. The molecular weight excluding hydrogens is 386 g/mol. The molecule has 1 N–H and O–H groups in total. The van der Waals surface area contributed by atoms with Crippen LogP contribution in [0, 0.1) is 0 Å². The van der Waals surface area contributed by atoms with E-state index in [9.17, 15) is 0 Å². The van der Waals surface area contributed by atoms with Crippen molar-refractivity contribution in [1.29, 1.82) is 0 Å². The Morgan fingerprint density at radius 3 is 2.58 bits per heavy atom. The number of fused-ring (bicyclic) bond motifs is 1. The summed E-state index contributed by atoms with van der Waals surface area (Å²) in [7, 11) is 2.01. The Morgan fingerprint density at radius 1 is 0.935 bits per heavy atom. The Hall–Kier alpha value is -3.38. The van der Waals surface area contributed by atoms with Gasteiger partial charge < -0.3 is 19.5 Å². The highest BCUT2D eigenvalue weighted by Gasteiger charge is 2.22. The molecule has 0 saturated carbocycles. The molecule has 6 heteroatoms. The fourth-order valence-electron chi connectivity index (χ4n) is 4.31. The van der Waals surface area contributed by atoms with E-state index in [-0.39, 0.29) is 12.2 Å². The summed E-state index contributed by atoms with van der Waals surface area (Å²) in [5.74, 6) is 0.819. The number of anilines is 3. The second kappa shape index (κ2) is 8.04. The molecule has 4 aromatic rings. The molecule has 0 amide bonds. The number of imidazole rings is 1. The average Bonchev–Trinajstić information content (AvgIpc) is 3.14. The van der Waals surface area contributed by atoms with E-state index in [1.165, 1.54) is 5.69 Å². The number of morpholine rings is 1. The minimum Gasteiger partial charge on any atom is -0.372 e. The van der Waals surface area contributed by atoms with Gasteiger partial charge in [0, 0.05) is 37.7 Å². The van der Waals surface area contributed by atoms with Crippen molar-refractivity contribution in [2.75, 3.05) is 23.3 Å². The van der Waals surface area contributed by atoms with E-state index in [0.29, 0.717) is 0 Å². The molecule has 158 valence electrons. The van der Waals surface area contributed by atoms with Gasteiger partial charge in [-0.1, -0.05) is 12.1 Å². The molecule has 1 saturated heterocycles. The first-order valence-corrected chi connectivity index (χ1v) is 10.7. The van der Waals surface area contributed by atoms with Crippen molar-refractivity contribution >= 4 is 28.2 Å². The lowest BCUT2D eigenvalue weighted by atomic mass is 10.1. The van der Waals surface area contributed by atoms with Crippen LogP contribution in [0.25, 0.3) is 22.2 Å². The van der Waals surface area contributed by atoms with Crippen molar-refractivity contribution in [3.63, 3.8) is 0 Å². The van der Waals surface area contributed by atoms with E-state index in [1.54, 1.807) is 0 Å². The molecule has 6 nitrogen and oxygen atoms in total. The molecule has 0 bridgehead atoms. The van der Waals surface area contributed by atoms with Crippen molar-refractivity contribution in [2.45, 2.75) is 26.1 Å². The molecule has 3 heterocycles. The molecule has 1 aliphatic rings. The van der Waals surface area contributed by atoms with Gasteiger partial charge in [0.2, 0.25) is 0 Å². The van der Waals surface area contributed by atoms with Crippen LogP contribution in [0.5, 0.6) is 0 Å². The van der Waals surface area contributed by atoms with Gasteiger partial charge >= 0.3 is 0 Å². The Kier molecular flexibility index (Phi) is 5.08. The van der Waals surface area contributed by atoms with Crippen LogP contribution in [0.1, 0.15) is 13.8 Å².